The van der Waals surface area contributed by atoms with Crippen LogP contribution in [0.5, 0.6) is 0 Å². The van der Waals surface area contributed by atoms with E-state index >= 15 is 0 Å². The number of aromatic carboxylic acids is 2. The van der Waals surface area contributed by atoms with Crippen molar-refractivity contribution in [3.63, 3.8) is 0 Å². The van der Waals surface area contributed by atoms with Crippen molar-refractivity contribution in [2.24, 2.45) is 0 Å². The van der Waals surface area contributed by atoms with E-state index in [1.165, 1.54) is 6.07 Å². The van der Waals surface area contributed by atoms with Crippen molar-refractivity contribution >= 4 is 11.9 Å². The minimum Gasteiger partial charge on any atom is -0.478 e. The summed E-state index contributed by atoms with van der Waals surface area (Å²) in [6, 6.07) is 8.19. The van der Waals surface area contributed by atoms with Crippen LogP contribution in [0.25, 0.3) is 0 Å². The normalized spacial score (nSPS) is 14.1. The maximum absolute atomic E-state index is 11.0. The van der Waals surface area contributed by atoms with Gasteiger partial charge in [0.05, 0.1) is 12.1 Å². The van der Waals surface area contributed by atoms with Crippen molar-refractivity contribution in [2.75, 3.05) is 0 Å². The van der Waals surface area contributed by atoms with Crippen molar-refractivity contribution in [1.82, 2.24) is 4.90 Å². The molecule has 1 aromatic carbocycles. The summed E-state index contributed by atoms with van der Waals surface area (Å²) in [4.78, 5) is 23.8. The number of fused-ring (bicyclic) bond motifs is 1. The monoisotopic (exact) mass is 287 g/mol. The molecule has 0 atom stereocenters. The third-order valence-electron chi connectivity index (χ3n) is 3.49. The second-order valence-corrected chi connectivity index (χ2v) is 5.00. The second kappa shape index (κ2) is 5.06. The molecule has 0 saturated carbocycles. The maximum atomic E-state index is 11.0. The Morgan fingerprint density at radius 1 is 1.05 bits per heavy atom. The number of hydrogen-bond acceptors (Lipinski definition) is 4. The van der Waals surface area contributed by atoms with E-state index in [0.717, 1.165) is 11.1 Å². The molecule has 1 aromatic heterocycles. The largest absolute Gasteiger partial charge is 0.478 e. The molecule has 0 unspecified atom stereocenters. The first kappa shape index (κ1) is 13.4. The van der Waals surface area contributed by atoms with Gasteiger partial charge in [-0.3, -0.25) is 4.90 Å². The van der Waals surface area contributed by atoms with Crippen molar-refractivity contribution in [1.29, 1.82) is 0 Å². The van der Waals surface area contributed by atoms with E-state index in [0.29, 0.717) is 25.4 Å². The summed E-state index contributed by atoms with van der Waals surface area (Å²) in [7, 11) is 0. The molecule has 0 aliphatic carbocycles. The van der Waals surface area contributed by atoms with Crippen molar-refractivity contribution < 1.29 is 24.2 Å². The quantitative estimate of drug-likeness (QED) is 0.895. The van der Waals surface area contributed by atoms with Crippen molar-refractivity contribution in [3.05, 3.63) is 58.5 Å². The number of furan rings is 1. The molecule has 1 aliphatic heterocycles. The number of hydrogen-bond donors (Lipinski definition) is 2. The van der Waals surface area contributed by atoms with Crippen molar-refractivity contribution in [3.8, 4) is 0 Å². The van der Waals surface area contributed by atoms with Crippen LogP contribution in [0.4, 0.5) is 0 Å². The molecule has 0 radical (unpaired) electrons. The van der Waals surface area contributed by atoms with Crippen LogP contribution < -0.4 is 0 Å². The summed E-state index contributed by atoms with van der Waals surface area (Å²) in [6.45, 7) is 1.81. The third-order valence-corrected chi connectivity index (χ3v) is 3.49. The van der Waals surface area contributed by atoms with Crippen LogP contribution in [0, 0.1) is 0 Å². The predicted molar refractivity (Wildman–Crippen MR) is 72.0 cm³/mol. The van der Waals surface area contributed by atoms with Crippen LogP contribution in [-0.2, 0) is 19.6 Å². The van der Waals surface area contributed by atoms with E-state index in [1.807, 2.05) is 6.07 Å². The molecule has 108 valence electrons. The molecule has 2 aromatic rings. The highest BCUT2D eigenvalue weighted by molar-refractivity contribution is 5.88. The molecule has 6 nitrogen and oxygen atoms in total. The molecule has 0 saturated heterocycles. The van der Waals surface area contributed by atoms with Gasteiger partial charge in [-0.15, -0.1) is 0 Å². The molecule has 6 heteroatoms. The molecule has 1 aliphatic rings. The zero-order valence-corrected chi connectivity index (χ0v) is 11.1. The van der Waals surface area contributed by atoms with E-state index in [1.54, 1.807) is 18.2 Å². The summed E-state index contributed by atoms with van der Waals surface area (Å²) in [5.74, 6) is -1.51. The smallest absolute Gasteiger partial charge is 0.371 e. The fourth-order valence-electron chi connectivity index (χ4n) is 2.51. The number of carboxylic acid groups (broad SMARTS) is 2. The van der Waals surface area contributed by atoms with Gasteiger partial charge in [0.25, 0.3) is 0 Å². The molecule has 2 N–H and O–H groups in total. The van der Waals surface area contributed by atoms with Gasteiger partial charge in [0, 0.05) is 13.1 Å². The third kappa shape index (κ3) is 2.66. The number of rotatable bonds is 4. The van der Waals surface area contributed by atoms with Crippen LogP contribution in [0.3, 0.4) is 0 Å². The SMILES string of the molecule is O=C(O)c1ccc2c(c1)CN(Cc1ccc(C(=O)O)o1)C2. The Labute approximate surface area is 120 Å². The van der Waals surface area contributed by atoms with E-state index in [4.69, 9.17) is 14.6 Å². The van der Waals surface area contributed by atoms with Gasteiger partial charge >= 0.3 is 11.9 Å². The molecular weight excluding hydrogens is 274 g/mol. The average molecular weight is 287 g/mol. The van der Waals surface area contributed by atoms with Crippen LogP contribution in [0.2, 0.25) is 0 Å². The zero-order chi connectivity index (χ0) is 15.0. The van der Waals surface area contributed by atoms with Crippen LogP contribution in [-0.4, -0.2) is 27.1 Å². The first-order valence-electron chi connectivity index (χ1n) is 6.42. The van der Waals surface area contributed by atoms with Crippen molar-refractivity contribution in [2.45, 2.75) is 19.6 Å². The Morgan fingerprint density at radius 3 is 2.48 bits per heavy atom. The lowest BCUT2D eigenvalue weighted by molar-refractivity contribution is 0.0656. The molecule has 0 fully saturated rings. The Morgan fingerprint density at radius 2 is 1.81 bits per heavy atom. The van der Waals surface area contributed by atoms with E-state index in [9.17, 15) is 9.59 Å². The van der Waals surface area contributed by atoms with Gasteiger partial charge in [-0.2, -0.15) is 0 Å². The summed E-state index contributed by atoms with van der Waals surface area (Å²) >= 11 is 0. The minimum absolute atomic E-state index is 0.0742. The molecule has 3 rings (SSSR count). The van der Waals surface area contributed by atoms with Crippen LogP contribution in [0.15, 0.2) is 34.7 Å². The topological polar surface area (TPSA) is 91.0 Å². The van der Waals surface area contributed by atoms with Gasteiger partial charge in [-0.25, -0.2) is 9.59 Å². The summed E-state index contributed by atoms with van der Waals surface area (Å²) in [6.07, 6.45) is 0. The fraction of sp³-hybridized carbons (Fsp3) is 0.200. The lowest BCUT2D eigenvalue weighted by atomic mass is 10.1. The summed E-state index contributed by atoms with van der Waals surface area (Å²) in [5.41, 5.74) is 2.35. The van der Waals surface area contributed by atoms with Crippen LogP contribution in [0.1, 0.15) is 37.8 Å². The average Bonchev–Trinajstić information content (AvgIpc) is 3.03. The lowest BCUT2D eigenvalue weighted by Gasteiger charge is -2.12. The minimum atomic E-state index is -1.09. The van der Waals surface area contributed by atoms with E-state index in [-0.39, 0.29) is 11.3 Å². The number of nitrogens with zero attached hydrogens (tertiary/aromatic N) is 1. The molecular formula is C15H13NO5. The lowest BCUT2D eigenvalue weighted by Crippen LogP contribution is -2.15. The van der Waals surface area contributed by atoms with Gasteiger partial charge in [0.15, 0.2) is 0 Å². The molecule has 21 heavy (non-hydrogen) atoms. The van der Waals surface area contributed by atoms with Gasteiger partial charge in [0.2, 0.25) is 5.76 Å². The highest BCUT2D eigenvalue weighted by Gasteiger charge is 2.21. The van der Waals surface area contributed by atoms with E-state index in [2.05, 4.69) is 4.90 Å². The Hall–Kier alpha value is -2.60. The Balaban J connectivity index is 1.72. The number of benzene rings is 1. The zero-order valence-electron chi connectivity index (χ0n) is 11.1. The predicted octanol–water partition coefficient (Wildman–Crippen LogP) is 2.19. The highest BCUT2D eigenvalue weighted by Crippen LogP contribution is 2.25. The molecule has 0 bridgehead atoms. The van der Waals surface area contributed by atoms with Gasteiger partial charge in [0.1, 0.15) is 5.76 Å². The first-order valence-corrected chi connectivity index (χ1v) is 6.42. The second-order valence-electron chi connectivity index (χ2n) is 5.00. The van der Waals surface area contributed by atoms with Gasteiger partial charge in [-0.1, -0.05) is 6.07 Å². The Bertz CT molecular complexity index is 717. The molecule has 0 spiro atoms. The Kier molecular flexibility index (Phi) is 3.23. The molecule has 2 heterocycles. The van der Waals surface area contributed by atoms with E-state index < -0.39 is 11.9 Å². The summed E-state index contributed by atoms with van der Waals surface area (Å²) < 4.78 is 5.23. The van der Waals surface area contributed by atoms with Crippen LogP contribution >= 0.6 is 0 Å². The molecule has 0 amide bonds. The number of carbonyl (C=O) groups is 2. The van der Waals surface area contributed by atoms with Gasteiger partial charge < -0.3 is 14.6 Å². The highest BCUT2D eigenvalue weighted by atomic mass is 16.4. The summed E-state index contributed by atoms with van der Waals surface area (Å²) in [5, 5.41) is 17.8. The number of carboxylic acids is 2. The first-order chi connectivity index (χ1) is 10.0. The van der Waals surface area contributed by atoms with Gasteiger partial charge in [-0.05, 0) is 35.4 Å². The standard InChI is InChI=1S/C15H13NO5/c17-14(18)9-1-2-10-6-16(7-11(10)5-9)8-12-3-4-13(21-12)15(19)20/h1-5H,6-8H2,(H,17,18)(H,19,20). The fourth-order valence-corrected chi connectivity index (χ4v) is 2.51. The maximum Gasteiger partial charge on any atom is 0.371 e.